The van der Waals surface area contributed by atoms with Crippen molar-refractivity contribution < 1.29 is 13.5 Å². The van der Waals surface area contributed by atoms with Gasteiger partial charge in [0.25, 0.3) is 0 Å². The van der Waals surface area contributed by atoms with Crippen molar-refractivity contribution in [3.8, 4) is 6.01 Å². The van der Waals surface area contributed by atoms with Crippen LogP contribution in [0.2, 0.25) is 0 Å². The first-order valence-electron chi connectivity index (χ1n) is 12.2. The van der Waals surface area contributed by atoms with E-state index in [1.54, 1.807) is 12.3 Å². The maximum absolute atomic E-state index is 15.5. The van der Waals surface area contributed by atoms with Crippen LogP contribution in [0.15, 0.2) is 35.0 Å². The molecule has 3 atom stereocenters. The molecule has 2 aromatic rings. The third-order valence-corrected chi connectivity index (χ3v) is 7.35. The highest BCUT2D eigenvalue weighted by molar-refractivity contribution is 5.78. The van der Waals surface area contributed by atoms with Gasteiger partial charge in [-0.1, -0.05) is 19.1 Å². The average molecular weight is 483 g/mol. The number of aryl methyl sites for hydroxylation is 1. The van der Waals surface area contributed by atoms with E-state index in [4.69, 9.17) is 4.74 Å². The molecule has 1 saturated heterocycles. The molecule has 3 unspecified atom stereocenters. The predicted molar refractivity (Wildman–Crippen MR) is 134 cm³/mol. The first-order chi connectivity index (χ1) is 16.9. The molecule has 0 bridgehead atoms. The third kappa shape index (κ3) is 4.37. The molecule has 5 rings (SSSR count). The Balaban J connectivity index is 1.50. The van der Waals surface area contributed by atoms with E-state index in [0.717, 1.165) is 48.6 Å². The summed E-state index contributed by atoms with van der Waals surface area (Å²) < 4.78 is 35.0. The molecule has 3 aliphatic heterocycles. The fourth-order valence-corrected chi connectivity index (χ4v) is 5.54. The van der Waals surface area contributed by atoms with E-state index >= 15 is 4.39 Å². The van der Waals surface area contributed by atoms with Gasteiger partial charge in [0.15, 0.2) is 5.82 Å². The second-order valence-electron chi connectivity index (χ2n) is 9.53. The highest BCUT2D eigenvalue weighted by Crippen LogP contribution is 2.44. The van der Waals surface area contributed by atoms with Crippen LogP contribution in [0.3, 0.4) is 0 Å². The number of methoxy groups -OCH3 is 1. The lowest BCUT2D eigenvalue weighted by Crippen LogP contribution is -2.43. The SMILES string of the molecule is CCN1CCC(c2ccc(CN3c4nc(OC)nc(C)c4N(C)C3C3=CN=CC(F)C3)c(F)c2)C1. The molecule has 9 heteroatoms. The summed E-state index contributed by atoms with van der Waals surface area (Å²) in [5, 5.41) is 0. The van der Waals surface area contributed by atoms with Crippen LogP contribution in [0, 0.1) is 12.7 Å². The minimum absolute atomic E-state index is 0.226. The summed E-state index contributed by atoms with van der Waals surface area (Å²) in [6.45, 7) is 7.37. The number of likely N-dealkylation sites (tertiary alicyclic amines) is 1. The number of likely N-dealkylation sites (N-methyl/N-ethyl adjacent to an activating group) is 2. The predicted octanol–water partition coefficient (Wildman–Crippen LogP) is 4.22. The number of aliphatic imine (C=N–C) groups is 1. The van der Waals surface area contributed by atoms with Crippen molar-refractivity contribution in [2.24, 2.45) is 4.99 Å². The van der Waals surface area contributed by atoms with Crippen LogP contribution in [0.1, 0.15) is 42.5 Å². The van der Waals surface area contributed by atoms with Gasteiger partial charge in [0, 0.05) is 44.5 Å². The van der Waals surface area contributed by atoms with E-state index in [-0.39, 0.29) is 31.0 Å². The Morgan fingerprint density at radius 2 is 2.06 bits per heavy atom. The van der Waals surface area contributed by atoms with Crippen LogP contribution in [0.5, 0.6) is 6.01 Å². The molecule has 4 heterocycles. The number of aromatic nitrogens is 2. The van der Waals surface area contributed by atoms with Crippen molar-refractivity contribution in [1.29, 1.82) is 0 Å². The molecule has 0 spiro atoms. The second kappa shape index (κ2) is 9.53. The monoisotopic (exact) mass is 482 g/mol. The summed E-state index contributed by atoms with van der Waals surface area (Å²) in [5.74, 6) is 0.769. The van der Waals surface area contributed by atoms with Crippen molar-refractivity contribution in [3.63, 3.8) is 0 Å². The molecule has 0 saturated carbocycles. The number of ether oxygens (including phenoxy) is 1. The molecule has 0 N–H and O–H groups in total. The van der Waals surface area contributed by atoms with E-state index in [2.05, 4.69) is 26.8 Å². The van der Waals surface area contributed by atoms with Crippen LogP contribution in [0.25, 0.3) is 0 Å². The highest BCUT2D eigenvalue weighted by Gasteiger charge is 2.40. The summed E-state index contributed by atoms with van der Waals surface area (Å²) in [7, 11) is 3.45. The van der Waals surface area contributed by atoms with Crippen LogP contribution in [0.4, 0.5) is 20.3 Å². The molecule has 1 aromatic carbocycles. The molecule has 3 aliphatic rings. The van der Waals surface area contributed by atoms with E-state index in [0.29, 0.717) is 17.3 Å². The Kier molecular flexibility index (Phi) is 6.44. The van der Waals surface area contributed by atoms with Gasteiger partial charge >= 0.3 is 6.01 Å². The van der Waals surface area contributed by atoms with Crippen LogP contribution in [-0.4, -0.2) is 67.2 Å². The van der Waals surface area contributed by atoms with Crippen molar-refractivity contribution in [3.05, 3.63) is 52.6 Å². The zero-order valence-corrected chi connectivity index (χ0v) is 20.7. The Morgan fingerprint density at radius 3 is 2.74 bits per heavy atom. The molecule has 186 valence electrons. The Labute approximate surface area is 205 Å². The number of rotatable bonds is 6. The van der Waals surface area contributed by atoms with E-state index in [1.165, 1.54) is 13.3 Å². The molecular formula is C26H32F2N6O. The van der Waals surface area contributed by atoms with Gasteiger partial charge in [0.1, 0.15) is 23.8 Å². The number of alkyl halides is 1. The van der Waals surface area contributed by atoms with Gasteiger partial charge in [-0.3, -0.25) is 4.99 Å². The van der Waals surface area contributed by atoms with Crippen LogP contribution >= 0.6 is 0 Å². The fraction of sp³-hybridized carbons (Fsp3) is 0.500. The van der Waals surface area contributed by atoms with Gasteiger partial charge in [-0.25, -0.2) is 8.78 Å². The maximum atomic E-state index is 15.5. The van der Waals surface area contributed by atoms with Gasteiger partial charge in [0.05, 0.1) is 12.8 Å². The van der Waals surface area contributed by atoms with Crippen molar-refractivity contribution in [2.45, 2.75) is 51.5 Å². The lowest BCUT2D eigenvalue weighted by atomic mass is 9.96. The molecule has 0 aliphatic carbocycles. The van der Waals surface area contributed by atoms with Crippen molar-refractivity contribution >= 4 is 17.7 Å². The van der Waals surface area contributed by atoms with Gasteiger partial charge in [-0.15, -0.1) is 0 Å². The third-order valence-electron chi connectivity index (χ3n) is 7.35. The molecule has 0 amide bonds. The highest BCUT2D eigenvalue weighted by atomic mass is 19.1. The van der Waals surface area contributed by atoms with Gasteiger partial charge in [-0.2, -0.15) is 9.97 Å². The lowest BCUT2D eigenvalue weighted by molar-refractivity contribution is 0.354. The Morgan fingerprint density at radius 1 is 1.23 bits per heavy atom. The first kappa shape index (κ1) is 23.7. The zero-order valence-electron chi connectivity index (χ0n) is 20.7. The van der Waals surface area contributed by atoms with E-state index < -0.39 is 6.17 Å². The molecule has 1 fully saturated rings. The number of hydrogen-bond acceptors (Lipinski definition) is 7. The number of hydrogen-bond donors (Lipinski definition) is 0. The smallest absolute Gasteiger partial charge is 0.318 e. The Hall–Kier alpha value is -3.07. The van der Waals surface area contributed by atoms with E-state index in [9.17, 15) is 4.39 Å². The summed E-state index contributed by atoms with van der Waals surface area (Å²) in [6, 6.07) is 5.86. The Bertz CT molecular complexity index is 1170. The quantitative estimate of drug-likeness (QED) is 0.615. The van der Waals surface area contributed by atoms with E-state index in [1.807, 2.05) is 35.9 Å². The first-order valence-corrected chi connectivity index (χ1v) is 12.2. The molecule has 1 aromatic heterocycles. The standard InChI is InChI=1S/C26H32F2N6O/c1-5-33-9-8-18(14-33)17-6-7-19(22(28)11-17)15-34-24-23(16(2)30-26(31-24)35-4)32(3)25(34)20-10-21(27)13-29-12-20/h6-7,11-13,18,21,25H,5,8-10,14-15H2,1-4H3. The van der Waals surface area contributed by atoms with Crippen LogP contribution < -0.4 is 14.5 Å². The maximum Gasteiger partial charge on any atom is 0.318 e. The summed E-state index contributed by atoms with van der Waals surface area (Å²) in [6.07, 6.45) is 2.78. The van der Waals surface area contributed by atoms with Crippen LogP contribution in [-0.2, 0) is 6.54 Å². The second-order valence-corrected chi connectivity index (χ2v) is 9.53. The fourth-order valence-electron chi connectivity index (χ4n) is 5.54. The average Bonchev–Trinajstić information content (AvgIpc) is 3.43. The molecule has 35 heavy (non-hydrogen) atoms. The number of anilines is 2. The van der Waals surface area contributed by atoms with Gasteiger partial charge < -0.3 is 19.4 Å². The van der Waals surface area contributed by atoms with Crippen molar-refractivity contribution in [1.82, 2.24) is 14.9 Å². The summed E-state index contributed by atoms with van der Waals surface area (Å²) in [5.41, 5.74) is 3.99. The number of nitrogens with zero attached hydrogens (tertiary/aromatic N) is 6. The number of fused-ring (bicyclic) bond motifs is 1. The lowest BCUT2D eigenvalue weighted by Gasteiger charge is -2.33. The largest absolute Gasteiger partial charge is 0.467 e. The van der Waals surface area contributed by atoms with Gasteiger partial charge in [0.2, 0.25) is 0 Å². The minimum atomic E-state index is -1.15. The molecule has 7 nitrogen and oxygen atoms in total. The summed E-state index contributed by atoms with van der Waals surface area (Å²) >= 11 is 0. The normalized spacial score (nSPS) is 24.2. The molecular weight excluding hydrogens is 450 g/mol. The van der Waals surface area contributed by atoms with Crippen molar-refractivity contribution in [2.75, 3.05) is 43.6 Å². The topological polar surface area (TPSA) is 57.1 Å². The number of benzene rings is 1. The van der Waals surface area contributed by atoms with Gasteiger partial charge in [-0.05, 0) is 49.6 Å². The summed E-state index contributed by atoms with van der Waals surface area (Å²) in [4.78, 5) is 19.6. The minimum Gasteiger partial charge on any atom is -0.467 e. The molecule has 0 radical (unpaired) electrons. The number of halogens is 2. The zero-order chi connectivity index (χ0) is 24.7.